The number of aliphatic imine (C=N–C) groups is 1. The number of allylic oxidation sites excluding steroid dienone is 1. The summed E-state index contributed by atoms with van der Waals surface area (Å²) in [6.07, 6.45) is 0.108. The van der Waals surface area contributed by atoms with Crippen molar-refractivity contribution in [1.29, 1.82) is 0 Å². The van der Waals surface area contributed by atoms with Crippen LogP contribution in [-0.2, 0) is 4.79 Å². The Morgan fingerprint density at radius 2 is 2.42 bits per heavy atom. The number of hydrogen-bond donors (Lipinski definition) is 2. The molecule has 1 aliphatic heterocycles. The van der Waals surface area contributed by atoms with Crippen molar-refractivity contribution >= 4 is 12.2 Å². The van der Waals surface area contributed by atoms with Crippen molar-refractivity contribution in [3.8, 4) is 0 Å². The lowest BCUT2D eigenvalue weighted by molar-refractivity contribution is -0.144. The van der Waals surface area contributed by atoms with E-state index in [0.717, 1.165) is 0 Å². The smallest absolute Gasteiger partial charge is 0.338 e. The minimum absolute atomic E-state index is 0.114. The van der Waals surface area contributed by atoms with Crippen LogP contribution in [0.4, 0.5) is 4.39 Å². The molecule has 66 valence electrons. The molecule has 0 bridgehead atoms. The molecule has 1 aliphatic rings. The second-order valence-electron chi connectivity index (χ2n) is 2.38. The minimum Gasteiger partial charge on any atom is -0.479 e. The van der Waals surface area contributed by atoms with Gasteiger partial charge >= 0.3 is 5.97 Å². The molecule has 1 atom stereocenters. The summed E-state index contributed by atoms with van der Waals surface area (Å²) in [7, 11) is 0. The van der Waals surface area contributed by atoms with Crippen LogP contribution in [0.15, 0.2) is 16.5 Å². The SMILES string of the molecule is O=C(O)C(O)C1=C(F)CCC=N1. The second-order valence-corrected chi connectivity index (χ2v) is 2.38. The molecule has 0 aromatic heterocycles. The highest BCUT2D eigenvalue weighted by Gasteiger charge is 2.23. The molecule has 0 spiro atoms. The van der Waals surface area contributed by atoms with E-state index >= 15 is 0 Å². The van der Waals surface area contributed by atoms with Crippen LogP contribution < -0.4 is 0 Å². The van der Waals surface area contributed by atoms with Gasteiger partial charge in [-0.15, -0.1) is 0 Å². The number of hydrogen-bond acceptors (Lipinski definition) is 3. The van der Waals surface area contributed by atoms with Crippen molar-refractivity contribution in [1.82, 2.24) is 0 Å². The normalized spacial score (nSPS) is 19.5. The van der Waals surface area contributed by atoms with Gasteiger partial charge in [-0.25, -0.2) is 9.18 Å². The molecule has 1 heterocycles. The average molecular weight is 173 g/mol. The zero-order valence-corrected chi connectivity index (χ0v) is 6.20. The molecule has 0 fully saturated rings. The minimum atomic E-state index is -1.85. The average Bonchev–Trinajstić information content (AvgIpc) is 2.04. The van der Waals surface area contributed by atoms with Crippen LogP contribution >= 0.6 is 0 Å². The van der Waals surface area contributed by atoms with Crippen molar-refractivity contribution < 1.29 is 19.4 Å². The fourth-order valence-corrected chi connectivity index (χ4v) is 0.888. The summed E-state index contributed by atoms with van der Waals surface area (Å²) in [5, 5.41) is 17.2. The molecular formula is C7H8FNO3. The highest BCUT2D eigenvalue weighted by atomic mass is 19.1. The van der Waals surface area contributed by atoms with E-state index in [1.54, 1.807) is 0 Å². The zero-order valence-electron chi connectivity index (χ0n) is 6.20. The Kier molecular flexibility index (Phi) is 2.54. The van der Waals surface area contributed by atoms with Crippen LogP contribution in [0.2, 0.25) is 0 Å². The van der Waals surface area contributed by atoms with Crippen LogP contribution in [-0.4, -0.2) is 28.5 Å². The van der Waals surface area contributed by atoms with Gasteiger partial charge in [-0.1, -0.05) is 0 Å². The number of carboxylic acids is 1. The number of carboxylic acid groups (broad SMARTS) is 1. The van der Waals surface area contributed by atoms with E-state index in [1.807, 2.05) is 0 Å². The maximum Gasteiger partial charge on any atom is 0.338 e. The molecule has 0 aromatic carbocycles. The second kappa shape index (κ2) is 3.44. The van der Waals surface area contributed by atoms with Gasteiger partial charge in [-0.3, -0.25) is 4.99 Å². The number of aliphatic hydroxyl groups excluding tert-OH is 1. The van der Waals surface area contributed by atoms with E-state index in [-0.39, 0.29) is 12.1 Å². The van der Waals surface area contributed by atoms with Crippen molar-refractivity contribution in [2.75, 3.05) is 0 Å². The fourth-order valence-electron chi connectivity index (χ4n) is 0.888. The highest BCUT2D eigenvalue weighted by molar-refractivity contribution is 5.77. The first-order chi connectivity index (χ1) is 5.63. The molecule has 0 amide bonds. The molecule has 1 unspecified atom stereocenters. The molecule has 2 N–H and O–H groups in total. The molecule has 0 aromatic rings. The highest BCUT2D eigenvalue weighted by Crippen LogP contribution is 2.20. The Balaban J connectivity index is 2.86. The lowest BCUT2D eigenvalue weighted by Gasteiger charge is -2.10. The van der Waals surface area contributed by atoms with Gasteiger partial charge in [0.25, 0.3) is 0 Å². The molecule has 0 radical (unpaired) electrons. The van der Waals surface area contributed by atoms with Crippen LogP contribution in [0, 0.1) is 0 Å². The van der Waals surface area contributed by atoms with Gasteiger partial charge in [0, 0.05) is 12.6 Å². The Morgan fingerprint density at radius 1 is 1.75 bits per heavy atom. The van der Waals surface area contributed by atoms with Gasteiger partial charge < -0.3 is 10.2 Å². The van der Waals surface area contributed by atoms with Crippen molar-refractivity contribution in [3.05, 3.63) is 11.5 Å². The van der Waals surface area contributed by atoms with Crippen LogP contribution in [0.3, 0.4) is 0 Å². The van der Waals surface area contributed by atoms with Gasteiger partial charge in [0.1, 0.15) is 11.5 Å². The number of carbonyl (C=O) groups is 1. The van der Waals surface area contributed by atoms with Crippen LogP contribution in [0.1, 0.15) is 12.8 Å². The summed E-state index contributed by atoms with van der Waals surface area (Å²) in [6.45, 7) is 0. The third-order valence-electron chi connectivity index (χ3n) is 1.49. The first-order valence-electron chi connectivity index (χ1n) is 3.45. The van der Waals surface area contributed by atoms with Gasteiger partial charge in [-0.05, 0) is 6.42 Å². The van der Waals surface area contributed by atoms with Crippen molar-refractivity contribution in [2.24, 2.45) is 4.99 Å². The Labute approximate surface area is 68.0 Å². The van der Waals surface area contributed by atoms with Crippen molar-refractivity contribution in [3.63, 3.8) is 0 Å². The van der Waals surface area contributed by atoms with E-state index in [2.05, 4.69) is 4.99 Å². The fraction of sp³-hybridized carbons (Fsp3) is 0.429. The van der Waals surface area contributed by atoms with Gasteiger partial charge in [0.05, 0.1) is 0 Å². The maximum atomic E-state index is 12.8. The molecule has 0 saturated carbocycles. The number of aliphatic hydroxyl groups is 1. The standard InChI is InChI=1S/C7H8FNO3/c8-4-2-1-3-9-5(4)6(10)7(11)12/h3,6,10H,1-2H2,(H,11,12). The summed E-state index contributed by atoms with van der Waals surface area (Å²) in [5.41, 5.74) is -0.381. The van der Waals surface area contributed by atoms with Crippen LogP contribution in [0.25, 0.3) is 0 Å². The molecule has 12 heavy (non-hydrogen) atoms. The summed E-state index contributed by atoms with van der Waals surface area (Å²) < 4.78 is 12.8. The summed E-state index contributed by atoms with van der Waals surface area (Å²) in [5.74, 6) is -2.13. The predicted molar refractivity (Wildman–Crippen MR) is 39.5 cm³/mol. The zero-order chi connectivity index (χ0) is 9.14. The Bertz CT molecular complexity index is 259. The third kappa shape index (κ3) is 1.68. The van der Waals surface area contributed by atoms with Gasteiger partial charge in [-0.2, -0.15) is 0 Å². The molecule has 0 saturated heterocycles. The van der Waals surface area contributed by atoms with Crippen LogP contribution in [0.5, 0.6) is 0 Å². The van der Waals surface area contributed by atoms with E-state index in [0.29, 0.717) is 6.42 Å². The topological polar surface area (TPSA) is 69.9 Å². The first-order valence-corrected chi connectivity index (χ1v) is 3.45. The largest absolute Gasteiger partial charge is 0.479 e. The number of aliphatic carboxylic acids is 1. The van der Waals surface area contributed by atoms with E-state index < -0.39 is 17.9 Å². The third-order valence-corrected chi connectivity index (χ3v) is 1.49. The quantitative estimate of drug-likeness (QED) is 0.638. The van der Waals surface area contributed by atoms with Gasteiger partial charge in [0.15, 0.2) is 6.10 Å². The molecule has 0 aliphatic carbocycles. The lowest BCUT2D eigenvalue weighted by atomic mass is 10.1. The summed E-state index contributed by atoms with van der Waals surface area (Å²) >= 11 is 0. The maximum absolute atomic E-state index is 12.8. The first kappa shape index (κ1) is 8.86. The lowest BCUT2D eigenvalue weighted by Crippen LogP contribution is -2.23. The molecule has 4 nitrogen and oxygen atoms in total. The molecule has 1 rings (SSSR count). The monoisotopic (exact) mass is 173 g/mol. The number of halogens is 1. The van der Waals surface area contributed by atoms with Gasteiger partial charge in [0.2, 0.25) is 0 Å². The molecule has 5 heteroatoms. The van der Waals surface area contributed by atoms with Crippen molar-refractivity contribution in [2.45, 2.75) is 18.9 Å². The van der Waals surface area contributed by atoms with E-state index in [1.165, 1.54) is 6.21 Å². The Hall–Kier alpha value is -1.23. The summed E-state index contributed by atoms with van der Waals surface area (Å²) in [6, 6.07) is 0. The van der Waals surface area contributed by atoms with E-state index in [4.69, 9.17) is 10.2 Å². The summed E-state index contributed by atoms with van der Waals surface area (Å²) in [4.78, 5) is 13.7. The number of nitrogens with zero attached hydrogens (tertiary/aromatic N) is 1. The van der Waals surface area contributed by atoms with E-state index in [9.17, 15) is 9.18 Å². The number of rotatable bonds is 2. The molecular weight excluding hydrogens is 165 g/mol. The predicted octanol–water partition coefficient (Wildman–Crippen LogP) is 0.478. The Morgan fingerprint density at radius 3 is 2.92 bits per heavy atom.